The maximum absolute atomic E-state index is 15.1. The lowest BCUT2D eigenvalue weighted by molar-refractivity contribution is -0.127. The first-order valence-electron chi connectivity index (χ1n) is 14.3. The van der Waals surface area contributed by atoms with Crippen LogP contribution >= 0.6 is 0 Å². The molecule has 0 amide bonds. The molecule has 45 heavy (non-hydrogen) atoms. The number of nitrogens with one attached hydrogen (secondary N) is 1. The molecule has 2 fully saturated rings. The lowest BCUT2D eigenvalue weighted by Crippen LogP contribution is -2.66. The van der Waals surface area contributed by atoms with Crippen molar-refractivity contribution in [3.05, 3.63) is 58.0 Å². The van der Waals surface area contributed by atoms with E-state index in [9.17, 15) is 22.8 Å². The van der Waals surface area contributed by atoms with Crippen molar-refractivity contribution in [1.82, 2.24) is 20.0 Å². The number of halogens is 4. The summed E-state index contributed by atoms with van der Waals surface area (Å²) in [4.78, 5) is 33.9. The zero-order valence-corrected chi connectivity index (χ0v) is 25.2. The molecular weight excluding hydrogens is 598 g/mol. The lowest BCUT2D eigenvalue weighted by Gasteiger charge is -2.55. The third-order valence-electron chi connectivity index (χ3n) is 7.50. The summed E-state index contributed by atoms with van der Waals surface area (Å²) in [7, 11) is 2.96. The monoisotopic (exact) mass is 633 g/mol. The number of aldehydes is 1. The highest BCUT2D eigenvalue weighted by molar-refractivity contribution is 5.89. The largest absolute Gasteiger partial charge is 0.491 e. The fraction of sp³-hybridized carbons (Fsp3) is 0.433. The highest BCUT2D eigenvalue weighted by atomic mass is 19.4. The molecule has 242 valence electrons. The molecule has 15 heteroatoms. The maximum Gasteiger partial charge on any atom is 0.421 e. The second-order valence-corrected chi connectivity index (χ2v) is 10.8. The predicted octanol–water partition coefficient (Wildman–Crippen LogP) is 3.80. The third-order valence-corrected chi connectivity index (χ3v) is 7.50. The molecule has 11 nitrogen and oxygen atoms in total. The SMILES string of the molecule is CCCCCn1ccc2cc(-c3ncc(OC)c(N4CC5(COC5)C4)n3)c(F)cc2c1=O.CN/N=C\C(N)=C(/C=O)C(F)(F)F. The van der Waals surface area contributed by atoms with Gasteiger partial charge in [-0.15, -0.1) is 0 Å². The number of rotatable bonds is 10. The van der Waals surface area contributed by atoms with E-state index in [1.807, 2.05) is 6.07 Å². The van der Waals surface area contributed by atoms with Gasteiger partial charge < -0.3 is 30.1 Å². The number of hydrogen-bond donors (Lipinski definition) is 2. The van der Waals surface area contributed by atoms with Crippen molar-refractivity contribution >= 4 is 29.1 Å². The molecule has 1 aromatic carbocycles. The van der Waals surface area contributed by atoms with Gasteiger partial charge in [-0.2, -0.15) is 18.3 Å². The van der Waals surface area contributed by atoms with Gasteiger partial charge in [0.1, 0.15) is 11.4 Å². The van der Waals surface area contributed by atoms with E-state index in [4.69, 9.17) is 15.2 Å². The summed E-state index contributed by atoms with van der Waals surface area (Å²) >= 11 is 0. The molecule has 2 saturated heterocycles. The van der Waals surface area contributed by atoms with Crippen LogP contribution in [0.25, 0.3) is 22.2 Å². The van der Waals surface area contributed by atoms with Crippen molar-refractivity contribution < 1.29 is 31.8 Å². The number of methoxy groups -OCH3 is 1. The van der Waals surface area contributed by atoms with Crippen molar-refractivity contribution in [2.45, 2.75) is 38.9 Å². The molecule has 0 bridgehead atoms. The molecule has 0 atom stereocenters. The first-order valence-corrected chi connectivity index (χ1v) is 14.3. The van der Waals surface area contributed by atoms with Crippen molar-refractivity contribution in [3.8, 4) is 17.1 Å². The van der Waals surface area contributed by atoms with Gasteiger partial charge in [0.25, 0.3) is 5.56 Å². The van der Waals surface area contributed by atoms with Crippen LogP contribution in [0.5, 0.6) is 5.75 Å². The van der Waals surface area contributed by atoms with Crippen LogP contribution in [0.4, 0.5) is 23.4 Å². The Labute approximate surface area is 256 Å². The molecule has 0 unspecified atom stereocenters. The summed E-state index contributed by atoms with van der Waals surface area (Å²) < 4.78 is 63.4. The molecule has 2 aliphatic rings. The number of nitrogens with two attached hydrogens (primary N) is 1. The van der Waals surface area contributed by atoms with Gasteiger partial charge in [0, 0.05) is 32.9 Å². The Bertz CT molecular complexity index is 1640. The van der Waals surface area contributed by atoms with E-state index in [1.54, 1.807) is 30.1 Å². The second kappa shape index (κ2) is 14.1. The molecule has 2 aliphatic heterocycles. The molecule has 4 heterocycles. The number of alkyl halides is 3. The van der Waals surface area contributed by atoms with Crippen LogP contribution < -0.4 is 26.4 Å². The summed E-state index contributed by atoms with van der Waals surface area (Å²) in [6.07, 6.45) is 2.04. The number of anilines is 1. The van der Waals surface area contributed by atoms with Crippen LogP contribution in [0.2, 0.25) is 0 Å². The van der Waals surface area contributed by atoms with E-state index in [0.717, 1.165) is 51.8 Å². The highest BCUT2D eigenvalue weighted by Gasteiger charge is 2.50. The number of allylic oxidation sites excluding steroid dienone is 2. The van der Waals surface area contributed by atoms with Gasteiger partial charge in [0.05, 0.1) is 54.8 Å². The average Bonchev–Trinajstić information content (AvgIpc) is 2.96. The second-order valence-electron chi connectivity index (χ2n) is 10.8. The fourth-order valence-electron chi connectivity index (χ4n) is 5.04. The standard InChI is InChI=1S/C24H27FN4O3.C6H8F3N3O/c1-3-4-5-7-28-8-6-16-9-18(19(25)10-17(16)23(28)30)21-26-11-20(31-2)22(27-21)29-12-24(13-29)14-32-15-24;1-11-12-2-5(10)4(3-13)6(7,8)9/h6,8-11H,3-5,7,12-15H2,1-2H3;2-3,11H,10H2,1H3/b;5-4-,12-2-. The summed E-state index contributed by atoms with van der Waals surface area (Å²) in [6.45, 7) is 5.95. The normalized spacial score (nSPS) is 16.0. The van der Waals surface area contributed by atoms with E-state index in [2.05, 4.69) is 32.3 Å². The lowest BCUT2D eigenvalue weighted by atomic mass is 9.78. The van der Waals surface area contributed by atoms with Crippen molar-refractivity contribution in [3.63, 3.8) is 0 Å². The van der Waals surface area contributed by atoms with Gasteiger partial charge in [0.15, 0.2) is 23.7 Å². The number of ether oxygens (including phenoxy) is 2. The Balaban J connectivity index is 0.000000302. The number of unbranched alkanes of at least 4 members (excludes halogenated alkanes) is 2. The maximum atomic E-state index is 15.1. The average molecular weight is 634 g/mol. The minimum Gasteiger partial charge on any atom is -0.491 e. The minimum absolute atomic E-state index is 0.172. The number of nitrogens with zero attached hydrogens (tertiary/aromatic N) is 5. The zero-order chi connectivity index (χ0) is 32.8. The number of hydrogen-bond acceptors (Lipinski definition) is 10. The first-order chi connectivity index (χ1) is 21.5. The number of carbonyl (C=O) groups excluding carboxylic acids is 1. The molecule has 0 saturated carbocycles. The van der Waals surface area contributed by atoms with Gasteiger partial charge in [-0.1, -0.05) is 19.8 Å². The highest BCUT2D eigenvalue weighted by Crippen LogP contribution is 2.42. The van der Waals surface area contributed by atoms with Crippen LogP contribution in [0, 0.1) is 11.2 Å². The molecule has 3 aromatic rings. The van der Waals surface area contributed by atoms with E-state index in [0.29, 0.717) is 28.9 Å². The van der Waals surface area contributed by atoms with E-state index in [-0.39, 0.29) is 28.6 Å². The smallest absolute Gasteiger partial charge is 0.421 e. The molecule has 0 radical (unpaired) electrons. The number of aromatic nitrogens is 3. The topological polar surface area (TPSA) is 137 Å². The van der Waals surface area contributed by atoms with Crippen LogP contribution in [0.3, 0.4) is 0 Å². The molecule has 0 aliphatic carbocycles. The molecule has 5 rings (SSSR count). The molecule has 2 aromatic heterocycles. The zero-order valence-electron chi connectivity index (χ0n) is 25.2. The van der Waals surface area contributed by atoms with Crippen molar-refractivity contribution in [2.24, 2.45) is 16.3 Å². The number of carbonyl (C=O) groups is 1. The fourth-order valence-corrected chi connectivity index (χ4v) is 5.04. The van der Waals surface area contributed by atoms with E-state index >= 15 is 4.39 Å². The first kappa shape index (κ1) is 33.4. The van der Waals surface area contributed by atoms with Crippen molar-refractivity contribution in [1.29, 1.82) is 0 Å². The summed E-state index contributed by atoms with van der Waals surface area (Å²) in [5, 5.41) is 4.28. The molecule has 3 N–H and O–H groups in total. The Hall–Kier alpha value is -4.53. The van der Waals surface area contributed by atoms with Crippen LogP contribution in [0.15, 0.2) is 51.8 Å². The molecular formula is C30H35F4N7O4. The number of aryl methyl sites for hydroxylation is 1. The van der Waals surface area contributed by atoms with E-state index < -0.39 is 23.3 Å². The predicted molar refractivity (Wildman–Crippen MR) is 162 cm³/mol. The number of benzene rings is 1. The number of hydrazone groups is 1. The van der Waals surface area contributed by atoms with E-state index in [1.165, 1.54) is 13.1 Å². The Kier molecular flexibility index (Phi) is 10.4. The van der Waals surface area contributed by atoms with Gasteiger partial charge in [0.2, 0.25) is 0 Å². The van der Waals surface area contributed by atoms with Crippen LogP contribution in [-0.2, 0) is 16.1 Å². The Morgan fingerprint density at radius 2 is 2.00 bits per heavy atom. The third kappa shape index (κ3) is 7.41. The minimum atomic E-state index is -4.74. The summed E-state index contributed by atoms with van der Waals surface area (Å²) in [6, 6.07) is 4.82. The van der Waals surface area contributed by atoms with Crippen LogP contribution in [-0.4, -0.2) is 73.7 Å². The Morgan fingerprint density at radius 3 is 2.58 bits per heavy atom. The summed E-state index contributed by atoms with van der Waals surface area (Å²) in [5.41, 5.74) is 5.28. The van der Waals surface area contributed by atoms with Gasteiger partial charge in [-0.05, 0) is 30.0 Å². The quantitative estimate of drug-likeness (QED) is 0.0853. The number of fused-ring (bicyclic) bond motifs is 1. The van der Waals surface area contributed by atoms with Crippen molar-refractivity contribution in [2.75, 3.05) is 45.4 Å². The molecule has 1 spiro atoms. The van der Waals surface area contributed by atoms with Crippen LogP contribution in [0.1, 0.15) is 26.2 Å². The number of pyridine rings is 1. The Morgan fingerprint density at radius 1 is 1.27 bits per heavy atom. The van der Waals surface area contributed by atoms with Gasteiger partial charge >= 0.3 is 6.18 Å². The summed E-state index contributed by atoms with van der Waals surface area (Å²) in [5.74, 6) is 0.975. The van der Waals surface area contributed by atoms with Gasteiger partial charge in [-0.3, -0.25) is 9.59 Å². The van der Waals surface area contributed by atoms with Gasteiger partial charge in [-0.25, -0.2) is 14.4 Å².